The summed E-state index contributed by atoms with van der Waals surface area (Å²) in [4.78, 5) is 42.5. The lowest BCUT2D eigenvalue weighted by Crippen LogP contribution is -2.55. The molecule has 0 heterocycles. The van der Waals surface area contributed by atoms with Gasteiger partial charge in [0.25, 0.3) is 0 Å². The van der Waals surface area contributed by atoms with E-state index in [1.165, 1.54) is 0 Å². The van der Waals surface area contributed by atoms with Gasteiger partial charge in [0.2, 0.25) is 11.8 Å². The number of hydrogen-bond acceptors (Lipinski definition) is 5. The molecule has 0 aliphatic carbocycles. The lowest BCUT2D eigenvalue weighted by Gasteiger charge is -2.36. The first-order valence-electron chi connectivity index (χ1n) is 14.7. The third kappa shape index (κ3) is 11.1. The number of alkyl carbamates (subject to hydrolysis) is 1. The maximum Gasteiger partial charge on any atom is 0.408 e. The molecule has 2 atom stereocenters. The molecule has 0 spiro atoms. The van der Waals surface area contributed by atoms with Crippen molar-refractivity contribution in [1.82, 2.24) is 15.5 Å². The monoisotopic (exact) mass is 567 g/mol. The average Bonchev–Trinajstić information content (AvgIpc) is 2.90. The number of aryl methyl sites for hydroxylation is 1. The second-order valence-corrected chi connectivity index (χ2v) is 12.0. The summed E-state index contributed by atoms with van der Waals surface area (Å²) in [6, 6.07) is 12.7. The molecule has 3 N–H and O–H groups in total. The van der Waals surface area contributed by atoms with Gasteiger partial charge in [-0.3, -0.25) is 9.59 Å². The summed E-state index contributed by atoms with van der Waals surface area (Å²) in [5, 5.41) is 16.0. The van der Waals surface area contributed by atoms with Crippen LogP contribution in [0.25, 0.3) is 0 Å². The molecule has 2 aromatic carbocycles. The van der Waals surface area contributed by atoms with E-state index in [-0.39, 0.29) is 23.5 Å². The van der Waals surface area contributed by atoms with Crippen LogP contribution in [0, 0.1) is 12.8 Å². The van der Waals surface area contributed by atoms with E-state index >= 15 is 0 Å². The number of unbranched alkanes of at least 4 members (excludes halogenated alkanes) is 4. The number of nitrogens with one attached hydrogen (secondary N) is 2. The molecule has 2 rings (SSSR count). The Bertz CT molecular complexity index is 1130. The molecule has 8 nitrogen and oxygen atoms in total. The predicted molar refractivity (Wildman–Crippen MR) is 162 cm³/mol. The molecule has 0 aliphatic rings. The van der Waals surface area contributed by atoms with E-state index in [9.17, 15) is 19.5 Å². The van der Waals surface area contributed by atoms with E-state index in [1.54, 1.807) is 50.8 Å². The summed E-state index contributed by atoms with van der Waals surface area (Å²) >= 11 is 0. The van der Waals surface area contributed by atoms with Crippen molar-refractivity contribution in [3.63, 3.8) is 0 Å². The fourth-order valence-corrected chi connectivity index (χ4v) is 4.58. The normalized spacial score (nSPS) is 12.9. The molecule has 0 bridgehead atoms. The van der Waals surface area contributed by atoms with E-state index < -0.39 is 23.8 Å². The van der Waals surface area contributed by atoms with Crippen molar-refractivity contribution in [3.05, 3.63) is 65.2 Å². The maximum atomic E-state index is 14.3. The van der Waals surface area contributed by atoms with Crippen LogP contribution < -0.4 is 10.6 Å². The average molecular weight is 568 g/mol. The number of phenolic OH excluding ortho intramolecular Hbond substituents is 1. The molecule has 2 aromatic rings. The first kappa shape index (κ1) is 33.7. The topological polar surface area (TPSA) is 108 Å². The van der Waals surface area contributed by atoms with E-state index in [0.717, 1.165) is 31.2 Å². The fraction of sp³-hybridized carbons (Fsp3) is 0.545. The summed E-state index contributed by atoms with van der Waals surface area (Å²) in [5.74, 6) is -0.832. The number of amides is 3. The smallest absolute Gasteiger partial charge is 0.408 e. The number of carbonyl (C=O) groups excluding carboxylic acids is 3. The molecule has 226 valence electrons. The molecule has 0 aromatic heterocycles. The number of ether oxygens (including phenoxy) is 1. The Labute approximate surface area is 245 Å². The number of rotatable bonds is 14. The predicted octanol–water partition coefficient (Wildman–Crippen LogP) is 6.41. The van der Waals surface area contributed by atoms with E-state index in [2.05, 4.69) is 17.6 Å². The molecular formula is C33H49N3O5. The highest BCUT2D eigenvalue weighted by molar-refractivity contribution is 5.92. The van der Waals surface area contributed by atoms with Crippen LogP contribution in [-0.4, -0.2) is 46.1 Å². The van der Waals surface area contributed by atoms with Gasteiger partial charge in [-0.15, -0.1) is 0 Å². The summed E-state index contributed by atoms with van der Waals surface area (Å²) in [7, 11) is 0. The Morgan fingerprint density at radius 2 is 1.63 bits per heavy atom. The lowest BCUT2D eigenvalue weighted by atomic mass is 9.97. The van der Waals surface area contributed by atoms with Crippen LogP contribution in [0.3, 0.4) is 0 Å². The minimum Gasteiger partial charge on any atom is -0.508 e. The highest BCUT2D eigenvalue weighted by Crippen LogP contribution is 2.28. The third-order valence-corrected chi connectivity index (χ3v) is 6.80. The molecule has 0 radical (unpaired) electrons. The van der Waals surface area contributed by atoms with Crippen LogP contribution in [0.15, 0.2) is 48.5 Å². The van der Waals surface area contributed by atoms with Gasteiger partial charge in [-0.1, -0.05) is 82.9 Å². The van der Waals surface area contributed by atoms with Gasteiger partial charge in [-0.2, -0.15) is 0 Å². The number of hydrogen-bond donors (Lipinski definition) is 3. The van der Waals surface area contributed by atoms with Gasteiger partial charge in [-0.25, -0.2) is 4.79 Å². The second kappa shape index (κ2) is 16.0. The highest BCUT2D eigenvalue weighted by Gasteiger charge is 2.37. The van der Waals surface area contributed by atoms with Crippen LogP contribution in [0.2, 0.25) is 0 Å². The molecule has 0 aliphatic heterocycles. The Hall–Kier alpha value is -3.55. The fourth-order valence-electron chi connectivity index (χ4n) is 4.58. The molecule has 2 unspecified atom stereocenters. The minimum atomic E-state index is -0.960. The van der Waals surface area contributed by atoms with Crippen LogP contribution in [-0.2, 0) is 20.9 Å². The SMILES string of the molecule is CCCCCCCN(C(=O)C(NC(=O)OC(C)(C)C)C(C)C)C(C(=O)NCc1ccccc1)c1ccc(O)c(C)c1. The van der Waals surface area contributed by atoms with E-state index in [1.807, 2.05) is 44.2 Å². The number of aromatic hydroxyl groups is 1. The van der Waals surface area contributed by atoms with E-state index in [0.29, 0.717) is 30.6 Å². The van der Waals surface area contributed by atoms with Crippen molar-refractivity contribution in [3.8, 4) is 5.75 Å². The van der Waals surface area contributed by atoms with Gasteiger partial charge in [0, 0.05) is 13.1 Å². The maximum absolute atomic E-state index is 14.3. The van der Waals surface area contributed by atoms with Crippen LogP contribution >= 0.6 is 0 Å². The van der Waals surface area contributed by atoms with Crippen LogP contribution in [0.1, 0.15) is 96.4 Å². The van der Waals surface area contributed by atoms with Gasteiger partial charge in [0.1, 0.15) is 23.4 Å². The summed E-state index contributed by atoms with van der Waals surface area (Å²) < 4.78 is 5.45. The number of benzene rings is 2. The van der Waals surface area contributed by atoms with Crippen molar-refractivity contribution in [2.24, 2.45) is 5.92 Å². The minimum absolute atomic E-state index is 0.112. The number of nitrogens with zero attached hydrogens (tertiary/aromatic N) is 1. The van der Waals surface area contributed by atoms with Gasteiger partial charge >= 0.3 is 6.09 Å². The Morgan fingerprint density at radius 1 is 0.976 bits per heavy atom. The zero-order chi connectivity index (χ0) is 30.6. The zero-order valence-corrected chi connectivity index (χ0v) is 25.8. The molecule has 0 fully saturated rings. The summed E-state index contributed by atoms with van der Waals surface area (Å²) in [5.41, 5.74) is 1.40. The van der Waals surface area contributed by atoms with Crippen LogP contribution in [0.4, 0.5) is 4.79 Å². The molecule has 0 saturated heterocycles. The second-order valence-electron chi connectivity index (χ2n) is 12.0. The molecule has 3 amide bonds. The first-order chi connectivity index (χ1) is 19.3. The van der Waals surface area contributed by atoms with Gasteiger partial charge in [0.15, 0.2) is 0 Å². The van der Waals surface area contributed by atoms with E-state index in [4.69, 9.17) is 4.74 Å². The standard InChI is InChI=1S/C33H49N3O5/c1-8-9-10-11-15-20-36(31(39)28(23(2)3)35-32(40)41-33(5,6)7)29(26-18-19-27(37)24(4)21-26)30(38)34-22-25-16-13-12-14-17-25/h12-14,16-19,21,23,28-29,37H,8-11,15,20,22H2,1-7H3,(H,34,38)(H,35,40). The van der Waals surface area contributed by atoms with Gasteiger partial charge < -0.3 is 25.4 Å². The first-order valence-corrected chi connectivity index (χ1v) is 14.7. The third-order valence-electron chi connectivity index (χ3n) is 6.80. The molecule has 41 heavy (non-hydrogen) atoms. The van der Waals surface area contributed by atoms with Crippen LogP contribution in [0.5, 0.6) is 5.75 Å². The summed E-state index contributed by atoms with van der Waals surface area (Å²) in [6.45, 7) is 13.6. The number of carbonyl (C=O) groups is 3. The van der Waals surface area contributed by atoms with Crippen molar-refractivity contribution in [2.45, 2.75) is 105 Å². The Balaban J connectivity index is 2.48. The van der Waals surface area contributed by atoms with Gasteiger partial charge in [0.05, 0.1) is 0 Å². The van der Waals surface area contributed by atoms with Crippen molar-refractivity contribution in [1.29, 1.82) is 0 Å². The zero-order valence-electron chi connectivity index (χ0n) is 25.8. The Kier molecular flexibility index (Phi) is 13.2. The molecule has 8 heteroatoms. The highest BCUT2D eigenvalue weighted by atomic mass is 16.6. The lowest BCUT2D eigenvalue weighted by molar-refractivity contribution is -0.143. The summed E-state index contributed by atoms with van der Waals surface area (Å²) in [6.07, 6.45) is 4.17. The van der Waals surface area contributed by atoms with Crippen molar-refractivity contribution < 1.29 is 24.2 Å². The van der Waals surface area contributed by atoms with Crippen molar-refractivity contribution >= 4 is 17.9 Å². The van der Waals surface area contributed by atoms with Crippen molar-refractivity contribution in [2.75, 3.05) is 6.54 Å². The Morgan fingerprint density at radius 3 is 2.22 bits per heavy atom. The molecular weight excluding hydrogens is 518 g/mol. The molecule has 0 saturated carbocycles. The van der Waals surface area contributed by atoms with Gasteiger partial charge in [-0.05, 0) is 68.9 Å². The quantitative estimate of drug-likeness (QED) is 0.229. The largest absolute Gasteiger partial charge is 0.508 e. The number of phenols is 1.